The molecule has 210 valence electrons. The van der Waals surface area contributed by atoms with Crippen LogP contribution in [-0.2, 0) is 29.1 Å². The third-order valence-corrected chi connectivity index (χ3v) is 6.69. The Bertz CT molecular complexity index is 1130. The van der Waals surface area contributed by atoms with Gasteiger partial charge in [0.15, 0.2) is 5.75 Å². The minimum absolute atomic E-state index is 0.0246. The molecule has 1 saturated carbocycles. The first kappa shape index (κ1) is 30.6. The number of rotatable bonds is 9. The van der Waals surface area contributed by atoms with Gasteiger partial charge >= 0.3 is 27.6 Å². The summed E-state index contributed by atoms with van der Waals surface area (Å²) in [5, 5.41) is 0. The van der Waals surface area contributed by atoms with Gasteiger partial charge in [-0.2, -0.15) is 21.6 Å². The lowest BCUT2D eigenvalue weighted by Gasteiger charge is -2.31. The van der Waals surface area contributed by atoms with Crippen molar-refractivity contribution in [3.63, 3.8) is 0 Å². The van der Waals surface area contributed by atoms with E-state index in [1.54, 1.807) is 27.9 Å². The van der Waals surface area contributed by atoms with Gasteiger partial charge < -0.3 is 23.0 Å². The summed E-state index contributed by atoms with van der Waals surface area (Å²) < 4.78 is 82.5. The van der Waals surface area contributed by atoms with Crippen molar-refractivity contribution in [2.45, 2.75) is 83.1 Å². The van der Waals surface area contributed by atoms with E-state index in [2.05, 4.69) is 4.18 Å². The molecule has 37 heavy (non-hydrogen) atoms. The highest BCUT2D eigenvalue weighted by Gasteiger charge is 2.49. The first-order chi connectivity index (χ1) is 17.0. The highest BCUT2D eigenvalue weighted by Crippen LogP contribution is 2.34. The van der Waals surface area contributed by atoms with Crippen LogP contribution in [-0.4, -0.2) is 55.9 Å². The molecule has 0 aliphatic heterocycles. The lowest BCUT2D eigenvalue weighted by molar-refractivity contribution is -0.160. The van der Waals surface area contributed by atoms with Crippen LogP contribution in [0.5, 0.6) is 5.75 Å². The molecule has 14 heteroatoms. The fraction of sp³-hybridized carbons (Fsp3) is 0.696. The van der Waals surface area contributed by atoms with Crippen LogP contribution in [0, 0.1) is 5.92 Å². The number of alkyl halides is 3. The van der Waals surface area contributed by atoms with Gasteiger partial charge in [-0.15, -0.1) is 0 Å². The van der Waals surface area contributed by atoms with E-state index in [0.717, 1.165) is 23.6 Å². The molecule has 0 saturated heterocycles. The fourth-order valence-corrected chi connectivity index (χ4v) is 4.45. The molecule has 2 rings (SSSR count). The third-order valence-electron chi connectivity index (χ3n) is 5.72. The minimum Gasteiger partial charge on any atom is -0.462 e. The summed E-state index contributed by atoms with van der Waals surface area (Å²) in [5.74, 6) is -3.23. The summed E-state index contributed by atoms with van der Waals surface area (Å²) in [6, 6.07) is -0.841. The molecule has 0 aromatic carbocycles. The Hall–Kier alpha value is -2.61. The van der Waals surface area contributed by atoms with Crippen molar-refractivity contribution in [1.29, 1.82) is 0 Å². The van der Waals surface area contributed by atoms with E-state index >= 15 is 0 Å². The number of aromatic nitrogens is 1. The standard InChI is InChI=1S/C23H32F3NO9S/c1-6-34-20(29)16-13-27(19(28)12-18(16)36-37(31,32)23(24,25)26)17(21(30)35-22(2,3)4)11-14-7-9-15(33-5)10-8-14/h12-15,17H,6-11H2,1-5H3/t14-,15-,17?. The van der Waals surface area contributed by atoms with E-state index in [-0.39, 0.29) is 25.0 Å². The number of ether oxygens (including phenoxy) is 3. The number of esters is 2. The predicted octanol–water partition coefficient (Wildman–Crippen LogP) is 3.73. The molecule has 0 N–H and O–H groups in total. The van der Waals surface area contributed by atoms with Gasteiger partial charge in [0.25, 0.3) is 5.56 Å². The Morgan fingerprint density at radius 1 is 1.14 bits per heavy atom. The lowest BCUT2D eigenvalue weighted by atomic mass is 9.83. The number of pyridine rings is 1. The van der Waals surface area contributed by atoms with Gasteiger partial charge in [0.05, 0.1) is 12.7 Å². The van der Waals surface area contributed by atoms with Crippen molar-refractivity contribution in [3.8, 4) is 5.75 Å². The summed E-state index contributed by atoms with van der Waals surface area (Å²) in [4.78, 5) is 38.7. The van der Waals surface area contributed by atoms with Gasteiger partial charge in [0, 0.05) is 19.4 Å². The van der Waals surface area contributed by atoms with Gasteiger partial charge in [-0.25, -0.2) is 9.59 Å². The van der Waals surface area contributed by atoms with Crippen LogP contribution in [0.3, 0.4) is 0 Å². The third kappa shape index (κ3) is 8.19. The molecule has 0 bridgehead atoms. The van der Waals surface area contributed by atoms with E-state index in [9.17, 15) is 36.0 Å². The summed E-state index contributed by atoms with van der Waals surface area (Å²) >= 11 is 0. The number of carbonyl (C=O) groups is 2. The number of hydrogen-bond acceptors (Lipinski definition) is 9. The number of nitrogens with zero attached hydrogens (tertiary/aromatic N) is 1. The Labute approximate surface area is 213 Å². The van der Waals surface area contributed by atoms with Crippen molar-refractivity contribution >= 4 is 22.1 Å². The molecule has 0 radical (unpaired) electrons. The van der Waals surface area contributed by atoms with Crippen LogP contribution >= 0.6 is 0 Å². The zero-order valence-electron chi connectivity index (χ0n) is 21.3. The van der Waals surface area contributed by atoms with Crippen molar-refractivity contribution in [3.05, 3.63) is 28.2 Å². The molecule has 1 unspecified atom stereocenters. The van der Waals surface area contributed by atoms with Gasteiger partial charge in [-0.1, -0.05) is 0 Å². The maximum absolute atomic E-state index is 13.2. The molecule has 0 spiro atoms. The van der Waals surface area contributed by atoms with Crippen LogP contribution in [0.1, 0.15) is 76.2 Å². The van der Waals surface area contributed by atoms with Crippen molar-refractivity contribution < 1.29 is 49.6 Å². The second-order valence-electron chi connectivity index (χ2n) is 9.66. The van der Waals surface area contributed by atoms with Gasteiger partial charge in [0.1, 0.15) is 17.2 Å². The summed E-state index contributed by atoms with van der Waals surface area (Å²) in [5.41, 5.74) is -8.58. The number of methoxy groups -OCH3 is 1. The van der Waals surface area contributed by atoms with E-state index in [4.69, 9.17) is 14.2 Å². The Morgan fingerprint density at radius 2 is 1.73 bits per heavy atom. The second kappa shape index (κ2) is 11.8. The zero-order chi connectivity index (χ0) is 28.2. The summed E-state index contributed by atoms with van der Waals surface area (Å²) in [6.45, 7) is 6.08. The SMILES string of the molecule is CCOC(=O)c1cn(C(C[C@H]2CC[C@H](OC)CC2)C(=O)OC(C)(C)C)c(=O)cc1OS(=O)(=O)C(F)(F)F. The summed E-state index contributed by atoms with van der Waals surface area (Å²) in [7, 11) is -4.60. The van der Waals surface area contributed by atoms with Gasteiger partial charge in [-0.3, -0.25) is 4.79 Å². The normalized spacial score (nSPS) is 19.7. The molecule has 1 fully saturated rings. The Kier molecular flexibility index (Phi) is 9.80. The van der Waals surface area contributed by atoms with Gasteiger partial charge in [-0.05, 0) is 65.7 Å². The Morgan fingerprint density at radius 3 is 2.22 bits per heavy atom. The average molecular weight is 556 g/mol. The fourth-order valence-electron chi connectivity index (χ4n) is 3.98. The molecule has 1 aliphatic rings. The second-order valence-corrected chi connectivity index (χ2v) is 11.2. The van der Waals surface area contributed by atoms with E-state index < -0.39 is 56.1 Å². The Balaban J connectivity index is 2.58. The molecular weight excluding hydrogens is 523 g/mol. The summed E-state index contributed by atoms with van der Waals surface area (Å²) in [6.07, 6.45) is 3.80. The molecule has 10 nitrogen and oxygen atoms in total. The minimum atomic E-state index is -6.20. The number of hydrogen-bond donors (Lipinski definition) is 0. The first-order valence-electron chi connectivity index (χ1n) is 11.7. The molecule has 1 aromatic heterocycles. The van der Waals surface area contributed by atoms with E-state index in [1.165, 1.54) is 6.92 Å². The van der Waals surface area contributed by atoms with Crippen molar-refractivity contribution in [2.75, 3.05) is 13.7 Å². The highest BCUT2D eigenvalue weighted by atomic mass is 32.2. The topological polar surface area (TPSA) is 127 Å². The largest absolute Gasteiger partial charge is 0.534 e. The van der Waals surface area contributed by atoms with Crippen LogP contribution in [0.2, 0.25) is 0 Å². The predicted molar refractivity (Wildman–Crippen MR) is 125 cm³/mol. The average Bonchev–Trinajstić information content (AvgIpc) is 2.76. The van der Waals surface area contributed by atoms with Crippen molar-refractivity contribution in [2.24, 2.45) is 5.92 Å². The maximum Gasteiger partial charge on any atom is 0.534 e. The maximum atomic E-state index is 13.2. The molecule has 1 aromatic rings. The van der Waals surface area contributed by atoms with Crippen molar-refractivity contribution in [1.82, 2.24) is 4.57 Å². The van der Waals surface area contributed by atoms with Crippen LogP contribution < -0.4 is 9.74 Å². The zero-order valence-corrected chi connectivity index (χ0v) is 22.1. The van der Waals surface area contributed by atoms with Crippen LogP contribution in [0.4, 0.5) is 13.2 Å². The van der Waals surface area contributed by atoms with Crippen LogP contribution in [0.15, 0.2) is 17.1 Å². The van der Waals surface area contributed by atoms with Gasteiger partial charge in [0.2, 0.25) is 0 Å². The molecule has 0 amide bonds. The number of halogens is 3. The van der Waals surface area contributed by atoms with Crippen LogP contribution in [0.25, 0.3) is 0 Å². The van der Waals surface area contributed by atoms with E-state index in [0.29, 0.717) is 18.9 Å². The first-order valence-corrected chi connectivity index (χ1v) is 13.1. The quantitative estimate of drug-likeness (QED) is 0.254. The monoisotopic (exact) mass is 555 g/mol. The van der Waals surface area contributed by atoms with E-state index in [1.807, 2.05) is 0 Å². The molecule has 1 atom stereocenters. The smallest absolute Gasteiger partial charge is 0.462 e. The molecule has 1 aliphatic carbocycles. The molecular formula is C23H32F3NO9S. The lowest BCUT2D eigenvalue weighted by Crippen LogP contribution is -2.37. The highest BCUT2D eigenvalue weighted by molar-refractivity contribution is 7.88. The number of carbonyl (C=O) groups excluding carboxylic acids is 2. The molecule has 1 heterocycles.